The fraction of sp³-hybridized carbons (Fsp3) is 0.438. The van der Waals surface area contributed by atoms with Gasteiger partial charge in [-0.1, -0.05) is 37.5 Å². The molecule has 1 atom stereocenters. The molecular formula is C16H18N2S. The molecule has 1 N–H and O–H groups in total. The zero-order chi connectivity index (χ0) is 13.1. The third-order valence-electron chi connectivity index (χ3n) is 3.96. The lowest BCUT2D eigenvalue weighted by atomic mass is 9.94. The number of nitrogens with one attached hydrogen (secondary N) is 1. The van der Waals surface area contributed by atoms with Crippen LogP contribution >= 0.6 is 11.3 Å². The average Bonchev–Trinajstić information content (AvgIpc) is 2.90. The molecule has 0 aliphatic heterocycles. The summed E-state index contributed by atoms with van der Waals surface area (Å²) >= 11 is 1.73. The van der Waals surface area contributed by atoms with Crippen LogP contribution in [0.5, 0.6) is 0 Å². The Morgan fingerprint density at radius 3 is 2.79 bits per heavy atom. The topological polar surface area (TPSA) is 35.8 Å². The summed E-state index contributed by atoms with van der Waals surface area (Å²) in [5.41, 5.74) is 1.15. The van der Waals surface area contributed by atoms with Crippen LogP contribution in [0.2, 0.25) is 0 Å². The first-order chi connectivity index (χ1) is 9.38. The van der Waals surface area contributed by atoms with E-state index in [4.69, 9.17) is 0 Å². The third-order valence-corrected chi connectivity index (χ3v) is 4.94. The van der Waals surface area contributed by atoms with Crippen LogP contribution in [0.25, 0.3) is 10.1 Å². The van der Waals surface area contributed by atoms with Crippen LogP contribution < -0.4 is 5.32 Å². The van der Waals surface area contributed by atoms with Gasteiger partial charge in [-0.2, -0.15) is 5.26 Å². The average molecular weight is 270 g/mol. The lowest BCUT2D eigenvalue weighted by Gasteiger charge is -2.25. The molecule has 2 aromatic rings. The monoisotopic (exact) mass is 270 g/mol. The maximum absolute atomic E-state index is 9.48. The van der Waals surface area contributed by atoms with Crippen molar-refractivity contribution in [2.75, 3.05) is 0 Å². The Balaban J connectivity index is 1.83. The zero-order valence-electron chi connectivity index (χ0n) is 10.9. The van der Waals surface area contributed by atoms with E-state index in [-0.39, 0.29) is 6.04 Å². The molecule has 0 spiro atoms. The summed E-state index contributed by atoms with van der Waals surface area (Å²) < 4.78 is 1.27. The molecule has 1 fully saturated rings. The molecule has 1 saturated carbocycles. The highest BCUT2D eigenvalue weighted by Gasteiger charge is 2.20. The second kappa shape index (κ2) is 5.73. The SMILES string of the molecule is N#CC(NC1CCCCC1)c1csc2ccccc12. The number of hydrogen-bond acceptors (Lipinski definition) is 3. The number of rotatable bonds is 3. The van der Waals surface area contributed by atoms with E-state index in [0.717, 1.165) is 5.56 Å². The van der Waals surface area contributed by atoms with Crippen molar-refractivity contribution in [3.63, 3.8) is 0 Å². The molecule has 2 nitrogen and oxygen atoms in total. The van der Waals surface area contributed by atoms with Crippen molar-refractivity contribution in [3.05, 3.63) is 35.2 Å². The van der Waals surface area contributed by atoms with Crippen LogP contribution in [0.1, 0.15) is 43.7 Å². The number of nitriles is 1. The molecule has 3 heteroatoms. The minimum Gasteiger partial charge on any atom is -0.295 e. The first kappa shape index (κ1) is 12.7. The number of thiophene rings is 1. The molecule has 3 rings (SSSR count). The molecule has 1 heterocycles. The third kappa shape index (κ3) is 2.65. The lowest BCUT2D eigenvalue weighted by Crippen LogP contribution is -2.33. The first-order valence-corrected chi connectivity index (χ1v) is 7.88. The van der Waals surface area contributed by atoms with Gasteiger partial charge >= 0.3 is 0 Å². The van der Waals surface area contributed by atoms with Gasteiger partial charge in [-0.25, -0.2) is 0 Å². The van der Waals surface area contributed by atoms with E-state index in [2.05, 4.69) is 35.0 Å². The molecular weight excluding hydrogens is 252 g/mol. The van der Waals surface area contributed by atoms with Gasteiger partial charge in [-0.05, 0) is 29.7 Å². The number of fused-ring (bicyclic) bond motifs is 1. The van der Waals surface area contributed by atoms with E-state index in [1.165, 1.54) is 42.2 Å². The van der Waals surface area contributed by atoms with E-state index in [1.54, 1.807) is 11.3 Å². The maximum atomic E-state index is 9.48. The fourth-order valence-corrected chi connectivity index (χ4v) is 3.91. The quantitative estimate of drug-likeness (QED) is 0.898. The Labute approximate surface area is 118 Å². The van der Waals surface area contributed by atoms with Crippen molar-refractivity contribution in [2.24, 2.45) is 0 Å². The Morgan fingerprint density at radius 1 is 1.21 bits per heavy atom. The van der Waals surface area contributed by atoms with Crippen LogP contribution in [0.3, 0.4) is 0 Å². The molecule has 1 aliphatic carbocycles. The minimum atomic E-state index is -0.167. The smallest absolute Gasteiger partial charge is 0.122 e. The second-order valence-corrected chi connectivity index (χ2v) is 6.16. The van der Waals surface area contributed by atoms with Gasteiger partial charge in [0.1, 0.15) is 6.04 Å². The van der Waals surface area contributed by atoms with Gasteiger partial charge < -0.3 is 0 Å². The van der Waals surface area contributed by atoms with Gasteiger partial charge in [-0.15, -0.1) is 11.3 Å². The Morgan fingerprint density at radius 2 is 2.00 bits per heavy atom. The van der Waals surface area contributed by atoms with Gasteiger partial charge in [0, 0.05) is 16.3 Å². The molecule has 0 amide bonds. The predicted molar refractivity (Wildman–Crippen MR) is 80.2 cm³/mol. The van der Waals surface area contributed by atoms with E-state index in [9.17, 15) is 5.26 Å². The Kier molecular flexibility index (Phi) is 3.82. The molecule has 0 saturated heterocycles. The molecule has 0 bridgehead atoms. The highest BCUT2D eigenvalue weighted by Crippen LogP contribution is 2.31. The molecule has 98 valence electrons. The van der Waals surface area contributed by atoms with Crippen LogP contribution in [0, 0.1) is 11.3 Å². The van der Waals surface area contributed by atoms with Crippen molar-refractivity contribution in [2.45, 2.75) is 44.2 Å². The molecule has 1 unspecified atom stereocenters. The standard InChI is InChI=1S/C16H18N2S/c17-10-15(18-12-6-2-1-3-7-12)14-11-19-16-9-5-4-8-13(14)16/h4-5,8-9,11-12,15,18H,1-3,6-7H2. The summed E-state index contributed by atoms with van der Waals surface area (Å²) in [5.74, 6) is 0. The van der Waals surface area contributed by atoms with E-state index < -0.39 is 0 Å². The van der Waals surface area contributed by atoms with Crippen LogP contribution in [0.4, 0.5) is 0 Å². The maximum Gasteiger partial charge on any atom is 0.122 e. The highest BCUT2D eigenvalue weighted by molar-refractivity contribution is 7.17. The van der Waals surface area contributed by atoms with E-state index >= 15 is 0 Å². The van der Waals surface area contributed by atoms with Gasteiger partial charge in [-0.3, -0.25) is 5.32 Å². The molecule has 19 heavy (non-hydrogen) atoms. The van der Waals surface area contributed by atoms with Crippen molar-refractivity contribution < 1.29 is 0 Å². The van der Waals surface area contributed by atoms with Crippen molar-refractivity contribution in [3.8, 4) is 6.07 Å². The Hall–Kier alpha value is -1.37. The summed E-state index contributed by atoms with van der Waals surface area (Å²) in [6, 6.07) is 11.1. The van der Waals surface area contributed by atoms with E-state index in [1.807, 2.05) is 6.07 Å². The normalized spacial score (nSPS) is 18.3. The van der Waals surface area contributed by atoms with Crippen LogP contribution in [-0.2, 0) is 0 Å². The molecule has 1 aromatic carbocycles. The van der Waals surface area contributed by atoms with Gasteiger partial charge in [0.25, 0.3) is 0 Å². The van der Waals surface area contributed by atoms with Crippen molar-refractivity contribution >= 4 is 21.4 Å². The minimum absolute atomic E-state index is 0.167. The van der Waals surface area contributed by atoms with E-state index in [0.29, 0.717) is 6.04 Å². The highest BCUT2D eigenvalue weighted by atomic mass is 32.1. The number of hydrogen-bond donors (Lipinski definition) is 1. The molecule has 1 aliphatic rings. The van der Waals surface area contributed by atoms with Gasteiger partial charge in [0.05, 0.1) is 6.07 Å². The van der Waals surface area contributed by atoms with Crippen molar-refractivity contribution in [1.82, 2.24) is 5.32 Å². The summed E-state index contributed by atoms with van der Waals surface area (Å²) in [7, 11) is 0. The first-order valence-electron chi connectivity index (χ1n) is 7.00. The summed E-state index contributed by atoms with van der Waals surface area (Å²) in [6.45, 7) is 0. The van der Waals surface area contributed by atoms with Gasteiger partial charge in [0.15, 0.2) is 0 Å². The Bertz CT molecular complexity index is 590. The van der Waals surface area contributed by atoms with Crippen LogP contribution in [0.15, 0.2) is 29.6 Å². The van der Waals surface area contributed by atoms with Gasteiger partial charge in [0.2, 0.25) is 0 Å². The largest absolute Gasteiger partial charge is 0.295 e. The number of nitrogens with zero attached hydrogens (tertiary/aromatic N) is 1. The van der Waals surface area contributed by atoms with Crippen molar-refractivity contribution in [1.29, 1.82) is 5.26 Å². The van der Waals surface area contributed by atoms with Crippen LogP contribution in [-0.4, -0.2) is 6.04 Å². The zero-order valence-corrected chi connectivity index (χ0v) is 11.7. The lowest BCUT2D eigenvalue weighted by molar-refractivity contribution is 0.360. The number of benzene rings is 1. The molecule has 0 radical (unpaired) electrons. The summed E-state index contributed by atoms with van der Waals surface area (Å²) in [6.07, 6.45) is 6.34. The summed E-state index contributed by atoms with van der Waals surface area (Å²) in [4.78, 5) is 0. The predicted octanol–water partition coefficient (Wildman–Crippen LogP) is 4.39. The second-order valence-electron chi connectivity index (χ2n) is 5.25. The fourth-order valence-electron chi connectivity index (χ4n) is 2.92. The summed E-state index contributed by atoms with van der Waals surface area (Å²) in [5, 5.41) is 16.4. The molecule has 1 aromatic heterocycles.